The standard InChI is InChI=1S/C19H16N2O6/c1-25-15-4-2-3-13-9-16(27-18(13)15)19(24)21-20-10-12-5-7-14(8-6-12)26-11-17(22)23/h2-10H,11H2,1H3,(H,21,24)(H,22,23). The Kier molecular flexibility index (Phi) is 5.36. The number of methoxy groups -OCH3 is 1. The molecule has 2 aromatic carbocycles. The molecule has 1 amide bonds. The van der Waals surface area contributed by atoms with Gasteiger partial charge in [-0.2, -0.15) is 5.10 Å². The molecule has 3 rings (SSSR count). The van der Waals surface area contributed by atoms with E-state index in [-0.39, 0.29) is 5.76 Å². The molecule has 27 heavy (non-hydrogen) atoms. The molecule has 0 spiro atoms. The Hall–Kier alpha value is -3.81. The summed E-state index contributed by atoms with van der Waals surface area (Å²) in [7, 11) is 1.53. The average molecular weight is 368 g/mol. The van der Waals surface area contributed by atoms with Crippen molar-refractivity contribution in [3.63, 3.8) is 0 Å². The number of fused-ring (bicyclic) bond motifs is 1. The van der Waals surface area contributed by atoms with Gasteiger partial charge in [-0.15, -0.1) is 0 Å². The molecule has 2 N–H and O–H groups in total. The van der Waals surface area contributed by atoms with E-state index in [1.165, 1.54) is 13.3 Å². The van der Waals surface area contributed by atoms with E-state index in [0.29, 0.717) is 22.6 Å². The number of carboxylic acids is 1. The van der Waals surface area contributed by atoms with Crippen molar-refractivity contribution in [2.75, 3.05) is 13.7 Å². The van der Waals surface area contributed by atoms with Crippen LogP contribution in [-0.4, -0.2) is 36.9 Å². The van der Waals surface area contributed by atoms with Crippen molar-refractivity contribution in [1.29, 1.82) is 0 Å². The van der Waals surface area contributed by atoms with Crippen molar-refractivity contribution < 1.29 is 28.6 Å². The molecule has 0 unspecified atom stereocenters. The zero-order valence-corrected chi connectivity index (χ0v) is 14.3. The third kappa shape index (κ3) is 4.43. The minimum Gasteiger partial charge on any atom is -0.493 e. The number of rotatable bonds is 7. The SMILES string of the molecule is COc1cccc2cc(C(=O)NN=Cc3ccc(OCC(=O)O)cc3)oc12. The van der Waals surface area contributed by atoms with E-state index >= 15 is 0 Å². The van der Waals surface area contributed by atoms with Crippen molar-refractivity contribution in [3.05, 3.63) is 59.9 Å². The molecule has 3 aromatic rings. The Labute approximate surface area is 154 Å². The van der Waals surface area contributed by atoms with E-state index in [4.69, 9.17) is 19.0 Å². The molecule has 0 aliphatic rings. The van der Waals surface area contributed by atoms with Gasteiger partial charge >= 0.3 is 11.9 Å². The van der Waals surface area contributed by atoms with Gasteiger partial charge in [-0.1, -0.05) is 12.1 Å². The number of hydrogen-bond donors (Lipinski definition) is 2. The number of amides is 1. The highest BCUT2D eigenvalue weighted by Crippen LogP contribution is 2.28. The second kappa shape index (κ2) is 8.05. The maximum atomic E-state index is 12.2. The van der Waals surface area contributed by atoms with Crippen LogP contribution in [0.4, 0.5) is 0 Å². The van der Waals surface area contributed by atoms with Gasteiger partial charge in [0.1, 0.15) is 5.75 Å². The second-order valence-electron chi connectivity index (χ2n) is 5.44. The Morgan fingerprint density at radius 3 is 2.70 bits per heavy atom. The van der Waals surface area contributed by atoms with E-state index in [1.54, 1.807) is 42.5 Å². The number of benzene rings is 2. The predicted molar refractivity (Wildman–Crippen MR) is 97.4 cm³/mol. The highest BCUT2D eigenvalue weighted by Gasteiger charge is 2.14. The summed E-state index contributed by atoms with van der Waals surface area (Å²) in [6.45, 7) is -0.411. The van der Waals surface area contributed by atoms with Crippen LogP contribution in [-0.2, 0) is 4.79 Å². The van der Waals surface area contributed by atoms with Gasteiger partial charge in [0.25, 0.3) is 0 Å². The summed E-state index contributed by atoms with van der Waals surface area (Å²) in [5, 5.41) is 13.2. The minimum atomic E-state index is -1.05. The minimum absolute atomic E-state index is 0.115. The van der Waals surface area contributed by atoms with Crippen LogP contribution in [0.15, 0.2) is 58.0 Å². The highest BCUT2D eigenvalue weighted by molar-refractivity contribution is 5.97. The lowest BCUT2D eigenvalue weighted by Crippen LogP contribution is -2.16. The number of furan rings is 1. The predicted octanol–water partition coefficient (Wildman–Crippen LogP) is 2.67. The molecule has 0 saturated heterocycles. The summed E-state index contributed by atoms with van der Waals surface area (Å²) in [6, 6.07) is 13.6. The van der Waals surface area contributed by atoms with Gasteiger partial charge < -0.3 is 19.0 Å². The lowest BCUT2D eigenvalue weighted by atomic mass is 10.2. The summed E-state index contributed by atoms with van der Waals surface area (Å²) in [5.74, 6) is -0.461. The number of hydrogen-bond acceptors (Lipinski definition) is 6. The quantitative estimate of drug-likeness (QED) is 0.490. The third-order valence-electron chi connectivity index (χ3n) is 3.57. The molecule has 1 heterocycles. The summed E-state index contributed by atoms with van der Waals surface area (Å²) in [6.07, 6.45) is 1.45. The van der Waals surface area contributed by atoms with Crippen molar-refractivity contribution in [3.8, 4) is 11.5 Å². The van der Waals surface area contributed by atoms with Gasteiger partial charge in [0.15, 0.2) is 23.7 Å². The van der Waals surface area contributed by atoms with Crippen LogP contribution in [0, 0.1) is 0 Å². The molecule has 1 aromatic heterocycles. The van der Waals surface area contributed by atoms with E-state index < -0.39 is 18.5 Å². The van der Waals surface area contributed by atoms with Gasteiger partial charge in [-0.25, -0.2) is 10.2 Å². The van der Waals surface area contributed by atoms with E-state index in [9.17, 15) is 9.59 Å². The summed E-state index contributed by atoms with van der Waals surface area (Å²) >= 11 is 0. The van der Waals surface area contributed by atoms with Gasteiger partial charge in [-0.05, 0) is 42.0 Å². The van der Waals surface area contributed by atoms with Crippen LogP contribution in [0.5, 0.6) is 11.5 Å². The molecule has 8 nitrogen and oxygen atoms in total. The molecule has 0 atom stereocenters. The number of nitrogens with one attached hydrogen (secondary N) is 1. The van der Waals surface area contributed by atoms with Crippen molar-refractivity contribution in [2.45, 2.75) is 0 Å². The fourth-order valence-corrected chi connectivity index (χ4v) is 2.32. The lowest BCUT2D eigenvalue weighted by Gasteiger charge is -2.02. The van der Waals surface area contributed by atoms with Crippen LogP contribution >= 0.6 is 0 Å². The smallest absolute Gasteiger partial charge is 0.341 e. The van der Waals surface area contributed by atoms with Crippen LogP contribution in [0.2, 0.25) is 0 Å². The molecule has 8 heteroatoms. The van der Waals surface area contributed by atoms with E-state index in [0.717, 1.165) is 5.39 Å². The lowest BCUT2D eigenvalue weighted by molar-refractivity contribution is -0.139. The zero-order chi connectivity index (χ0) is 19.2. The second-order valence-corrected chi connectivity index (χ2v) is 5.44. The molecule has 0 saturated carbocycles. The number of carboxylic acid groups (broad SMARTS) is 1. The maximum absolute atomic E-state index is 12.2. The molecule has 0 fully saturated rings. The summed E-state index contributed by atoms with van der Waals surface area (Å²) < 4.78 is 15.8. The first-order chi connectivity index (χ1) is 13.1. The molecule has 0 aliphatic heterocycles. The van der Waals surface area contributed by atoms with Gasteiger partial charge in [0.05, 0.1) is 13.3 Å². The topological polar surface area (TPSA) is 110 Å². The molecular formula is C19H16N2O6. The van der Waals surface area contributed by atoms with E-state index in [1.807, 2.05) is 6.07 Å². The number of ether oxygens (including phenoxy) is 2. The molecule has 0 radical (unpaired) electrons. The molecule has 0 bridgehead atoms. The number of carbonyl (C=O) groups excluding carboxylic acids is 1. The number of carbonyl (C=O) groups is 2. The fraction of sp³-hybridized carbons (Fsp3) is 0.105. The van der Waals surface area contributed by atoms with Gasteiger partial charge in [0, 0.05) is 5.39 Å². The number of para-hydroxylation sites is 1. The van der Waals surface area contributed by atoms with Crippen LogP contribution in [0.25, 0.3) is 11.0 Å². The van der Waals surface area contributed by atoms with Crippen molar-refractivity contribution >= 4 is 29.1 Å². The Bertz CT molecular complexity index is 991. The van der Waals surface area contributed by atoms with Crippen molar-refractivity contribution in [2.24, 2.45) is 5.10 Å². The molecule has 0 aliphatic carbocycles. The van der Waals surface area contributed by atoms with Crippen molar-refractivity contribution in [1.82, 2.24) is 5.43 Å². The largest absolute Gasteiger partial charge is 0.493 e. The van der Waals surface area contributed by atoms with Crippen LogP contribution in [0.1, 0.15) is 16.1 Å². The van der Waals surface area contributed by atoms with Crippen LogP contribution in [0.3, 0.4) is 0 Å². The monoisotopic (exact) mass is 368 g/mol. The third-order valence-corrected chi connectivity index (χ3v) is 3.57. The van der Waals surface area contributed by atoms with E-state index in [2.05, 4.69) is 10.5 Å². The molecule has 138 valence electrons. The summed E-state index contributed by atoms with van der Waals surface area (Å²) in [5.41, 5.74) is 3.58. The normalized spacial score (nSPS) is 10.9. The first-order valence-electron chi connectivity index (χ1n) is 7.91. The Morgan fingerprint density at radius 1 is 1.22 bits per heavy atom. The average Bonchev–Trinajstić information content (AvgIpc) is 3.11. The van der Waals surface area contributed by atoms with Gasteiger partial charge in [-0.3, -0.25) is 4.79 Å². The summed E-state index contributed by atoms with van der Waals surface area (Å²) in [4.78, 5) is 22.6. The van der Waals surface area contributed by atoms with Gasteiger partial charge in [0.2, 0.25) is 0 Å². The maximum Gasteiger partial charge on any atom is 0.341 e. The first kappa shape index (κ1) is 18.0. The highest BCUT2D eigenvalue weighted by atomic mass is 16.5. The molecular weight excluding hydrogens is 352 g/mol. The number of nitrogens with zero attached hydrogens (tertiary/aromatic N) is 1. The number of aliphatic carboxylic acids is 1. The first-order valence-corrected chi connectivity index (χ1v) is 7.91. The number of hydrazone groups is 1. The Morgan fingerprint density at radius 2 is 2.00 bits per heavy atom. The zero-order valence-electron chi connectivity index (χ0n) is 14.3. The fourth-order valence-electron chi connectivity index (χ4n) is 2.32. The van der Waals surface area contributed by atoms with Crippen LogP contribution < -0.4 is 14.9 Å². The Balaban J connectivity index is 1.62.